The lowest BCUT2D eigenvalue weighted by molar-refractivity contribution is -0.123. The van der Waals surface area contributed by atoms with E-state index in [1.807, 2.05) is 26.0 Å². The van der Waals surface area contributed by atoms with E-state index >= 15 is 0 Å². The van der Waals surface area contributed by atoms with Crippen LogP contribution in [0, 0.1) is 11.7 Å². The van der Waals surface area contributed by atoms with E-state index in [-0.39, 0.29) is 23.6 Å². The molecule has 0 bridgehead atoms. The van der Waals surface area contributed by atoms with E-state index in [2.05, 4.69) is 10.3 Å². The van der Waals surface area contributed by atoms with Gasteiger partial charge in [0.25, 0.3) is 0 Å². The van der Waals surface area contributed by atoms with E-state index < -0.39 is 0 Å². The molecular weight excluding hydrogens is 267 g/mol. The highest BCUT2D eigenvalue weighted by Crippen LogP contribution is 2.25. The number of rotatable bonds is 5. The number of benzene rings is 1. The molecule has 1 atom stereocenters. The Morgan fingerprint density at radius 1 is 1.14 bits per heavy atom. The summed E-state index contributed by atoms with van der Waals surface area (Å²) in [4.78, 5) is 16.4. The highest BCUT2D eigenvalue weighted by molar-refractivity contribution is 5.83. The van der Waals surface area contributed by atoms with Gasteiger partial charge in [-0.25, -0.2) is 4.39 Å². The zero-order valence-corrected chi connectivity index (χ0v) is 12.2. The number of amides is 1. The maximum Gasteiger partial charge on any atom is 0.228 e. The zero-order valence-electron chi connectivity index (χ0n) is 12.2. The van der Waals surface area contributed by atoms with Crippen LogP contribution in [0.1, 0.15) is 30.9 Å². The van der Waals surface area contributed by atoms with E-state index in [4.69, 9.17) is 0 Å². The number of hydrogen-bond acceptors (Lipinski definition) is 2. The average molecular weight is 286 g/mol. The molecule has 3 nitrogen and oxygen atoms in total. The van der Waals surface area contributed by atoms with Crippen LogP contribution in [0.25, 0.3) is 0 Å². The van der Waals surface area contributed by atoms with Gasteiger partial charge >= 0.3 is 0 Å². The molecule has 4 heteroatoms. The molecule has 1 aromatic carbocycles. The lowest BCUT2D eigenvalue weighted by Crippen LogP contribution is -2.31. The summed E-state index contributed by atoms with van der Waals surface area (Å²) >= 11 is 0. The summed E-state index contributed by atoms with van der Waals surface area (Å²) in [5.41, 5.74) is 1.83. The molecule has 0 aliphatic heterocycles. The largest absolute Gasteiger partial charge is 0.351 e. The Labute approximate surface area is 124 Å². The topological polar surface area (TPSA) is 42.0 Å². The highest BCUT2D eigenvalue weighted by Gasteiger charge is 2.23. The van der Waals surface area contributed by atoms with Gasteiger partial charge in [-0.2, -0.15) is 0 Å². The number of halogens is 1. The van der Waals surface area contributed by atoms with Crippen LogP contribution >= 0.6 is 0 Å². The Morgan fingerprint density at radius 2 is 1.76 bits per heavy atom. The molecule has 1 heterocycles. The predicted octanol–water partition coefficient (Wildman–Crippen LogP) is 3.28. The molecule has 2 aromatic rings. The van der Waals surface area contributed by atoms with E-state index in [0.717, 1.165) is 11.1 Å². The van der Waals surface area contributed by atoms with E-state index in [1.165, 1.54) is 12.1 Å². The molecule has 2 rings (SSSR count). The minimum Gasteiger partial charge on any atom is -0.351 e. The monoisotopic (exact) mass is 286 g/mol. The molecular formula is C17H19FN2O. The van der Waals surface area contributed by atoms with Crippen molar-refractivity contribution in [1.82, 2.24) is 10.3 Å². The molecule has 1 aromatic heterocycles. The van der Waals surface area contributed by atoms with Gasteiger partial charge in [0.1, 0.15) is 5.82 Å². The van der Waals surface area contributed by atoms with Gasteiger partial charge in [0, 0.05) is 18.9 Å². The third kappa shape index (κ3) is 4.12. The summed E-state index contributed by atoms with van der Waals surface area (Å²) in [6.07, 6.45) is 3.39. The number of carbonyl (C=O) groups excluding carboxylic acids is 1. The van der Waals surface area contributed by atoms with Crippen molar-refractivity contribution in [1.29, 1.82) is 0 Å². The van der Waals surface area contributed by atoms with Crippen LogP contribution < -0.4 is 5.32 Å². The van der Waals surface area contributed by atoms with Crippen molar-refractivity contribution in [3.63, 3.8) is 0 Å². The maximum atomic E-state index is 13.0. The summed E-state index contributed by atoms with van der Waals surface area (Å²) in [5, 5.41) is 2.93. The normalized spacial score (nSPS) is 12.2. The molecule has 0 saturated carbocycles. The van der Waals surface area contributed by atoms with Crippen LogP contribution in [0.3, 0.4) is 0 Å². The van der Waals surface area contributed by atoms with Gasteiger partial charge in [-0.3, -0.25) is 9.78 Å². The molecule has 0 aliphatic carbocycles. The molecule has 0 spiro atoms. The second-order valence-electron chi connectivity index (χ2n) is 5.35. The summed E-state index contributed by atoms with van der Waals surface area (Å²) in [6, 6.07) is 9.85. The first-order chi connectivity index (χ1) is 10.1. The molecule has 0 fully saturated rings. The third-order valence-electron chi connectivity index (χ3n) is 3.39. The lowest BCUT2D eigenvalue weighted by atomic mass is 9.87. The van der Waals surface area contributed by atoms with Crippen LogP contribution in [0.5, 0.6) is 0 Å². The van der Waals surface area contributed by atoms with Crippen LogP contribution in [0.15, 0.2) is 48.8 Å². The first-order valence-corrected chi connectivity index (χ1v) is 7.00. The first-order valence-electron chi connectivity index (χ1n) is 7.00. The van der Waals surface area contributed by atoms with E-state index in [9.17, 15) is 9.18 Å². The highest BCUT2D eigenvalue weighted by atomic mass is 19.1. The SMILES string of the molecule is CC(C)C(C(=O)NCc1ccncc1)c1ccc(F)cc1. The molecule has 0 radical (unpaired) electrons. The molecule has 0 aliphatic rings. The van der Waals surface area contributed by atoms with Gasteiger partial charge in [0.05, 0.1) is 5.92 Å². The fraction of sp³-hybridized carbons (Fsp3) is 0.294. The Balaban J connectivity index is 2.07. The number of pyridine rings is 1. The van der Waals surface area contributed by atoms with E-state index in [1.54, 1.807) is 24.5 Å². The second-order valence-corrected chi connectivity index (χ2v) is 5.35. The molecule has 0 saturated heterocycles. The van der Waals surface area contributed by atoms with Gasteiger partial charge in [0.2, 0.25) is 5.91 Å². The fourth-order valence-corrected chi connectivity index (χ4v) is 2.31. The minimum absolute atomic E-state index is 0.0478. The summed E-state index contributed by atoms with van der Waals surface area (Å²) in [7, 11) is 0. The third-order valence-corrected chi connectivity index (χ3v) is 3.39. The molecule has 110 valence electrons. The maximum absolute atomic E-state index is 13.0. The molecule has 1 N–H and O–H groups in total. The van der Waals surface area contributed by atoms with Crippen LogP contribution in [-0.4, -0.2) is 10.9 Å². The first kappa shape index (κ1) is 15.2. The van der Waals surface area contributed by atoms with E-state index in [0.29, 0.717) is 6.54 Å². The average Bonchev–Trinajstić information content (AvgIpc) is 2.48. The van der Waals surface area contributed by atoms with Gasteiger partial charge in [0.15, 0.2) is 0 Å². The van der Waals surface area contributed by atoms with Crippen LogP contribution in [0.4, 0.5) is 4.39 Å². The van der Waals surface area contributed by atoms with Gasteiger partial charge in [-0.1, -0.05) is 26.0 Å². The number of aromatic nitrogens is 1. The Hall–Kier alpha value is -2.23. The number of nitrogens with zero attached hydrogens (tertiary/aromatic N) is 1. The van der Waals surface area contributed by atoms with Gasteiger partial charge < -0.3 is 5.32 Å². The van der Waals surface area contributed by atoms with Crippen LogP contribution in [-0.2, 0) is 11.3 Å². The smallest absolute Gasteiger partial charge is 0.228 e. The quantitative estimate of drug-likeness (QED) is 0.916. The van der Waals surface area contributed by atoms with Crippen molar-refractivity contribution < 1.29 is 9.18 Å². The molecule has 1 amide bonds. The molecule has 1 unspecified atom stereocenters. The second kappa shape index (κ2) is 6.97. The number of carbonyl (C=O) groups is 1. The number of nitrogens with one attached hydrogen (secondary N) is 1. The Kier molecular flexibility index (Phi) is 5.04. The van der Waals surface area contributed by atoms with Gasteiger partial charge in [-0.05, 0) is 41.3 Å². The van der Waals surface area contributed by atoms with Crippen molar-refractivity contribution in [3.8, 4) is 0 Å². The fourth-order valence-electron chi connectivity index (χ4n) is 2.31. The van der Waals surface area contributed by atoms with Crippen molar-refractivity contribution in [2.75, 3.05) is 0 Å². The Bertz CT molecular complexity index is 581. The van der Waals surface area contributed by atoms with Crippen molar-refractivity contribution >= 4 is 5.91 Å². The zero-order chi connectivity index (χ0) is 15.2. The number of hydrogen-bond donors (Lipinski definition) is 1. The Morgan fingerprint density at radius 3 is 2.33 bits per heavy atom. The summed E-state index contributed by atoms with van der Waals surface area (Å²) < 4.78 is 13.0. The standard InChI is InChI=1S/C17H19FN2O/c1-12(2)16(14-3-5-15(18)6-4-14)17(21)20-11-13-7-9-19-10-8-13/h3-10,12,16H,11H2,1-2H3,(H,20,21). The predicted molar refractivity (Wildman–Crippen MR) is 80.1 cm³/mol. The van der Waals surface area contributed by atoms with Crippen molar-refractivity contribution in [3.05, 3.63) is 65.7 Å². The van der Waals surface area contributed by atoms with Crippen molar-refractivity contribution in [2.24, 2.45) is 5.92 Å². The lowest BCUT2D eigenvalue weighted by Gasteiger charge is -2.20. The van der Waals surface area contributed by atoms with Crippen LogP contribution in [0.2, 0.25) is 0 Å². The minimum atomic E-state index is -0.293. The summed E-state index contributed by atoms with van der Waals surface area (Å²) in [5.74, 6) is -0.493. The summed E-state index contributed by atoms with van der Waals surface area (Å²) in [6.45, 7) is 4.44. The van der Waals surface area contributed by atoms with Crippen molar-refractivity contribution in [2.45, 2.75) is 26.3 Å². The molecule has 21 heavy (non-hydrogen) atoms. The van der Waals surface area contributed by atoms with Gasteiger partial charge in [-0.15, -0.1) is 0 Å².